The summed E-state index contributed by atoms with van der Waals surface area (Å²) in [4.78, 5) is 52.2. The highest BCUT2D eigenvalue weighted by Gasteiger charge is 2.38. The molecule has 4 atom stereocenters. The summed E-state index contributed by atoms with van der Waals surface area (Å²) >= 11 is 0. The SMILES string of the molecule is CC(C)CC(N)C(=O)N1CCCC1C(=O)NC(C(=O)NC(Cc1ccc(O)cc1)C(=O)O)C(C)C. The minimum absolute atomic E-state index is 0.0127. The summed E-state index contributed by atoms with van der Waals surface area (Å²) in [5.41, 5.74) is 6.68. The maximum absolute atomic E-state index is 13.1. The van der Waals surface area contributed by atoms with Crippen LogP contribution < -0.4 is 16.4 Å². The molecule has 1 heterocycles. The summed E-state index contributed by atoms with van der Waals surface area (Å²) in [7, 11) is 0. The van der Waals surface area contributed by atoms with Gasteiger partial charge in [0.25, 0.3) is 0 Å². The van der Waals surface area contributed by atoms with Crippen LogP contribution in [0.1, 0.15) is 52.5 Å². The van der Waals surface area contributed by atoms with Gasteiger partial charge in [0, 0.05) is 13.0 Å². The molecule has 0 spiro atoms. The summed E-state index contributed by atoms with van der Waals surface area (Å²) < 4.78 is 0. The number of nitrogens with one attached hydrogen (secondary N) is 2. The molecule has 10 heteroatoms. The van der Waals surface area contributed by atoms with Crippen LogP contribution in [0.3, 0.4) is 0 Å². The molecule has 35 heavy (non-hydrogen) atoms. The van der Waals surface area contributed by atoms with Gasteiger partial charge in [-0.05, 0) is 48.8 Å². The molecule has 4 unspecified atom stereocenters. The van der Waals surface area contributed by atoms with Crippen LogP contribution in [0.2, 0.25) is 0 Å². The Labute approximate surface area is 206 Å². The number of aromatic hydroxyl groups is 1. The zero-order valence-corrected chi connectivity index (χ0v) is 20.9. The van der Waals surface area contributed by atoms with Crippen molar-refractivity contribution < 1.29 is 29.4 Å². The number of carbonyl (C=O) groups excluding carboxylic acids is 3. The average molecular weight is 491 g/mol. The molecule has 10 nitrogen and oxygen atoms in total. The number of benzene rings is 1. The van der Waals surface area contributed by atoms with E-state index in [1.165, 1.54) is 17.0 Å². The van der Waals surface area contributed by atoms with Crippen molar-refractivity contribution in [3.05, 3.63) is 29.8 Å². The molecular formula is C25H38N4O6. The quantitative estimate of drug-likeness (QED) is 0.309. The Hall–Kier alpha value is -3.14. The normalized spacial score (nSPS) is 18.3. The minimum atomic E-state index is -1.22. The Morgan fingerprint density at radius 3 is 2.26 bits per heavy atom. The fourth-order valence-electron chi connectivity index (χ4n) is 4.24. The van der Waals surface area contributed by atoms with E-state index >= 15 is 0 Å². The number of phenols is 1. The summed E-state index contributed by atoms with van der Waals surface area (Å²) in [6.45, 7) is 7.86. The van der Waals surface area contributed by atoms with Crippen molar-refractivity contribution in [1.29, 1.82) is 0 Å². The van der Waals surface area contributed by atoms with Gasteiger partial charge in [-0.1, -0.05) is 39.8 Å². The predicted octanol–water partition coefficient (Wildman–Crippen LogP) is 1.01. The number of likely N-dealkylation sites (tertiary alicyclic amines) is 1. The molecule has 1 aliphatic rings. The molecule has 6 N–H and O–H groups in total. The van der Waals surface area contributed by atoms with Crippen molar-refractivity contribution >= 4 is 23.7 Å². The second kappa shape index (κ2) is 12.5. The van der Waals surface area contributed by atoms with Crippen LogP contribution in [-0.4, -0.2) is 69.5 Å². The number of hydrogen-bond donors (Lipinski definition) is 5. The van der Waals surface area contributed by atoms with E-state index in [2.05, 4.69) is 10.6 Å². The first-order chi connectivity index (χ1) is 16.4. The van der Waals surface area contributed by atoms with Crippen LogP contribution >= 0.6 is 0 Å². The van der Waals surface area contributed by atoms with Gasteiger partial charge >= 0.3 is 5.97 Å². The fraction of sp³-hybridized carbons (Fsp3) is 0.600. The molecule has 0 bridgehead atoms. The molecule has 1 aromatic carbocycles. The third-order valence-electron chi connectivity index (χ3n) is 6.12. The van der Waals surface area contributed by atoms with Crippen molar-refractivity contribution in [2.75, 3.05) is 6.54 Å². The number of carboxylic acids is 1. The highest BCUT2D eigenvalue weighted by Crippen LogP contribution is 2.20. The molecule has 0 saturated carbocycles. The first-order valence-electron chi connectivity index (χ1n) is 12.1. The predicted molar refractivity (Wildman–Crippen MR) is 130 cm³/mol. The van der Waals surface area contributed by atoms with Gasteiger partial charge in [-0.3, -0.25) is 14.4 Å². The van der Waals surface area contributed by atoms with E-state index in [0.717, 1.165) is 0 Å². The Bertz CT molecular complexity index is 902. The van der Waals surface area contributed by atoms with Gasteiger partial charge in [-0.15, -0.1) is 0 Å². The number of nitrogens with zero attached hydrogens (tertiary/aromatic N) is 1. The second-order valence-electron chi connectivity index (χ2n) is 9.93. The lowest BCUT2D eigenvalue weighted by Crippen LogP contribution is -2.58. The highest BCUT2D eigenvalue weighted by molar-refractivity contribution is 5.94. The van der Waals surface area contributed by atoms with E-state index in [9.17, 15) is 29.4 Å². The summed E-state index contributed by atoms with van der Waals surface area (Å²) in [5.74, 6) is -2.60. The lowest BCUT2D eigenvalue weighted by Gasteiger charge is -2.30. The van der Waals surface area contributed by atoms with Crippen molar-refractivity contribution in [3.63, 3.8) is 0 Å². The van der Waals surface area contributed by atoms with E-state index in [1.807, 2.05) is 13.8 Å². The van der Waals surface area contributed by atoms with E-state index in [-0.39, 0.29) is 29.9 Å². The van der Waals surface area contributed by atoms with E-state index in [0.29, 0.717) is 31.4 Å². The molecule has 3 amide bonds. The standard InChI is InChI=1S/C25H38N4O6/c1-14(2)12-18(26)24(33)29-11-5-6-20(29)22(31)28-21(15(3)4)23(32)27-19(25(34)35)13-16-7-9-17(30)10-8-16/h7-10,14-15,18-21,30H,5-6,11-13,26H2,1-4H3,(H,27,32)(H,28,31)(H,34,35). The average Bonchev–Trinajstić information content (AvgIpc) is 3.26. The summed E-state index contributed by atoms with van der Waals surface area (Å²) in [6.07, 6.45) is 1.65. The number of carbonyl (C=O) groups is 4. The van der Waals surface area contributed by atoms with Crippen molar-refractivity contribution in [2.24, 2.45) is 17.6 Å². The fourth-order valence-corrected chi connectivity index (χ4v) is 4.24. The number of aliphatic carboxylic acids is 1. The maximum Gasteiger partial charge on any atom is 0.326 e. The second-order valence-corrected chi connectivity index (χ2v) is 9.93. The van der Waals surface area contributed by atoms with Gasteiger partial charge in [0.1, 0.15) is 23.9 Å². The Kier molecular flexibility index (Phi) is 10.1. The zero-order chi connectivity index (χ0) is 26.3. The van der Waals surface area contributed by atoms with Gasteiger partial charge in [0.2, 0.25) is 17.7 Å². The molecular weight excluding hydrogens is 452 g/mol. The van der Waals surface area contributed by atoms with Crippen LogP contribution in [0.15, 0.2) is 24.3 Å². The number of nitrogens with two attached hydrogens (primary N) is 1. The zero-order valence-electron chi connectivity index (χ0n) is 20.9. The van der Waals surface area contributed by atoms with Crippen LogP contribution in [0.25, 0.3) is 0 Å². The summed E-state index contributed by atoms with van der Waals surface area (Å²) in [6, 6.07) is 2.42. The lowest BCUT2D eigenvalue weighted by molar-refractivity contribution is -0.143. The third kappa shape index (κ3) is 7.95. The maximum atomic E-state index is 13.1. The van der Waals surface area contributed by atoms with Gasteiger partial charge in [-0.2, -0.15) is 0 Å². The topological polar surface area (TPSA) is 162 Å². The molecule has 1 aromatic rings. The van der Waals surface area contributed by atoms with Crippen molar-refractivity contribution in [3.8, 4) is 5.75 Å². The number of hydrogen-bond acceptors (Lipinski definition) is 6. The van der Waals surface area contributed by atoms with Crippen LogP contribution in [-0.2, 0) is 25.6 Å². The lowest BCUT2D eigenvalue weighted by atomic mass is 10.0. The monoisotopic (exact) mass is 490 g/mol. The Morgan fingerprint density at radius 2 is 1.71 bits per heavy atom. The van der Waals surface area contributed by atoms with Gasteiger partial charge in [0.15, 0.2) is 0 Å². The Morgan fingerprint density at radius 1 is 1.09 bits per heavy atom. The molecule has 0 radical (unpaired) electrons. The Balaban J connectivity index is 2.08. The third-order valence-corrected chi connectivity index (χ3v) is 6.12. The minimum Gasteiger partial charge on any atom is -0.508 e. The van der Waals surface area contributed by atoms with E-state index in [4.69, 9.17) is 5.73 Å². The molecule has 194 valence electrons. The first-order valence-corrected chi connectivity index (χ1v) is 12.1. The number of rotatable bonds is 11. The smallest absolute Gasteiger partial charge is 0.326 e. The summed E-state index contributed by atoms with van der Waals surface area (Å²) in [5, 5.41) is 24.3. The van der Waals surface area contributed by atoms with Gasteiger partial charge in [-0.25, -0.2) is 4.79 Å². The molecule has 1 saturated heterocycles. The van der Waals surface area contributed by atoms with Gasteiger partial charge < -0.3 is 31.5 Å². The largest absolute Gasteiger partial charge is 0.508 e. The number of amides is 3. The first kappa shape index (κ1) is 28.1. The molecule has 0 aromatic heterocycles. The van der Waals surface area contributed by atoms with Crippen LogP contribution in [0.5, 0.6) is 5.75 Å². The van der Waals surface area contributed by atoms with Crippen LogP contribution in [0, 0.1) is 11.8 Å². The molecule has 0 aliphatic carbocycles. The van der Waals surface area contributed by atoms with Gasteiger partial charge in [0.05, 0.1) is 6.04 Å². The van der Waals surface area contributed by atoms with Crippen LogP contribution in [0.4, 0.5) is 0 Å². The molecule has 1 aliphatic heterocycles. The molecule has 1 fully saturated rings. The van der Waals surface area contributed by atoms with Crippen molar-refractivity contribution in [2.45, 2.75) is 77.5 Å². The number of phenolic OH excluding ortho intramolecular Hbond substituents is 1. The van der Waals surface area contributed by atoms with Crippen molar-refractivity contribution in [1.82, 2.24) is 15.5 Å². The highest BCUT2D eigenvalue weighted by atomic mass is 16.4. The molecule has 2 rings (SSSR count). The van der Waals surface area contributed by atoms with E-state index in [1.54, 1.807) is 26.0 Å². The number of carboxylic acid groups (broad SMARTS) is 1. The van der Waals surface area contributed by atoms with E-state index < -0.39 is 42.0 Å².